The third kappa shape index (κ3) is 4.72. The van der Waals surface area contributed by atoms with Crippen LogP contribution < -0.4 is 10.1 Å². The number of nitrogens with one attached hydrogen (secondary N) is 1. The first-order valence-electron chi connectivity index (χ1n) is 7.17. The van der Waals surface area contributed by atoms with Crippen molar-refractivity contribution >= 4 is 0 Å². The van der Waals surface area contributed by atoms with Crippen LogP contribution >= 0.6 is 0 Å². The molecule has 1 N–H and O–H groups in total. The third-order valence-electron chi connectivity index (χ3n) is 3.78. The Balaban J connectivity index is 1.74. The summed E-state index contributed by atoms with van der Waals surface area (Å²) < 4.78 is 28.4. The van der Waals surface area contributed by atoms with E-state index < -0.39 is 6.61 Å². The predicted octanol–water partition coefficient (Wildman–Crippen LogP) is 2.86. The van der Waals surface area contributed by atoms with E-state index in [1.54, 1.807) is 12.1 Å². The van der Waals surface area contributed by atoms with Gasteiger partial charge in [0.1, 0.15) is 5.75 Å². The summed E-state index contributed by atoms with van der Waals surface area (Å²) in [5, 5.41) is 3.53. The molecule has 0 aromatic heterocycles. The van der Waals surface area contributed by atoms with Crippen molar-refractivity contribution in [2.45, 2.75) is 39.0 Å². The van der Waals surface area contributed by atoms with Gasteiger partial charge in [-0.25, -0.2) is 0 Å². The van der Waals surface area contributed by atoms with Crippen molar-refractivity contribution in [1.29, 1.82) is 0 Å². The summed E-state index contributed by atoms with van der Waals surface area (Å²) in [6.45, 7) is 3.62. The Bertz CT molecular complexity index is 389. The lowest BCUT2D eigenvalue weighted by atomic mass is 10.0. The van der Waals surface area contributed by atoms with Gasteiger partial charge in [-0.15, -0.1) is 0 Å². The van der Waals surface area contributed by atoms with E-state index in [0.717, 1.165) is 31.7 Å². The first-order valence-corrected chi connectivity index (χ1v) is 7.17. The summed E-state index contributed by atoms with van der Waals surface area (Å²) >= 11 is 0. The lowest BCUT2D eigenvalue weighted by molar-refractivity contribution is -0.0498. The minimum Gasteiger partial charge on any atom is -0.435 e. The van der Waals surface area contributed by atoms with Crippen molar-refractivity contribution in [3.8, 4) is 5.75 Å². The van der Waals surface area contributed by atoms with E-state index in [-0.39, 0.29) is 5.75 Å². The Morgan fingerprint density at radius 2 is 1.90 bits per heavy atom. The van der Waals surface area contributed by atoms with Crippen LogP contribution in [0.4, 0.5) is 8.78 Å². The standard InChI is InChI=1S/C15H22F2N2O/c1-2-19-9-7-13(8-10-19)18-11-12-3-5-14(6-4-12)20-15(16)17/h3-6,13,15,18H,2,7-11H2,1H3. The van der Waals surface area contributed by atoms with E-state index >= 15 is 0 Å². The van der Waals surface area contributed by atoms with Crippen molar-refractivity contribution in [1.82, 2.24) is 10.2 Å². The van der Waals surface area contributed by atoms with Gasteiger partial charge in [-0.1, -0.05) is 19.1 Å². The van der Waals surface area contributed by atoms with Gasteiger partial charge in [0.2, 0.25) is 0 Å². The van der Waals surface area contributed by atoms with Crippen LogP contribution in [0.3, 0.4) is 0 Å². The van der Waals surface area contributed by atoms with Gasteiger partial charge in [-0.05, 0) is 50.2 Å². The topological polar surface area (TPSA) is 24.5 Å². The smallest absolute Gasteiger partial charge is 0.387 e. The van der Waals surface area contributed by atoms with Gasteiger partial charge >= 0.3 is 6.61 Å². The van der Waals surface area contributed by atoms with Crippen LogP contribution in [-0.2, 0) is 6.54 Å². The SMILES string of the molecule is CCN1CCC(NCc2ccc(OC(F)F)cc2)CC1. The Kier molecular flexibility index (Phi) is 5.73. The van der Waals surface area contributed by atoms with Gasteiger partial charge in [0.15, 0.2) is 0 Å². The van der Waals surface area contributed by atoms with E-state index in [0.29, 0.717) is 6.04 Å². The zero-order valence-corrected chi connectivity index (χ0v) is 11.8. The quantitative estimate of drug-likeness (QED) is 0.869. The van der Waals surface area contributed by atoms with Gasteiger partial charge in [0.05, 0.1) is 0 Å². The summed E-state index contributed by atoms with van der Waals surface area (Å²) in [6.07, 6.45) is 2.33. The monoisotopic (exact) mass is 284 g/mol. The molecule has 1 heterocycles. The highest BCUT2D eigenvalue weighted by atomic mass is 19.3. The normalized spacial score (nSPS) is 17.6. The lowest BCUT2D eigenvalue weighted by Gasteiger charge is -2.31. The minimum atomic E-state index is -2.76. The zero-order valence-electron chi connectivity index (χ0n) is 11.8. The van der Waals surface area contributed by atoms with Crippen LogP contribution in [0.25, 0.3) is 0 Å². The second kappa shape index (κ2) is 7.55. The van der Waals surface area contributed by atoms with Crippen molar-refractivity contribution in [3.05, 3.63) is 29.8 Å². The number of likely N-dealkylation sites (tertiary alicyclic amines) is 1. The number of alkyl halides is 2. The van der Waals surface area contributed by atoms with Crippen molar-refractivity contribution in [3.63, 3.8) is 0 Å². The number of benzene rings is 1. The summed E-state index contributed by atoms with van der Waals surface area (Å²) in [5.41, 5.74) is 1.09. The maximum atomic E-state index is 12.0. The fraction of sp³-hybridized carbons (Fsp3) is 0.600. The molecule has 0 saturated carbocycles. The number of rotatable bonds is 6. The Morgan fingerprint density at radius 1 is 1.25 bits per heavy atom. The third-order valence-corrected chi connectivity index (χ3v) is 3.78. The molecule has 2 rings (SSSR count). The Hall–Kier alpha value is -1.20. The molecule has 20 heavy (non-hydrogen) atoms. The molecule has 0 bridgehead atoms. The molecule has 1 aromatic rings. The molecule has 0 atom stereocenters. The first-order chi connectivity index (χ1) is 9.67. The number of piperidine rings is 1. The van der Waals surface area contributed by atoms with Gasteiger partial charge in [-0.3, -0.25) is 0 Å². The molecule has 1 aliphatic rings. The average Bonchev–Trinajstić information content (AvgIpc) is 2.46. The molecule has 1 aromatic carbocycles. The number of hydrogen-bond donors (Lipinski definition) is 1. The number of ether oxygens (including phenoxy) is 1. The van der Waals surface area contributed by atoms with E-state index in [9.17, 15) is 8.78 Å². The van der Waals surface area contributed by atoms with Crippen LogP contribution in [0.15, 0.2) is 24.3 Å². The van der Waals surface area contributed by atoms with Crippen molar-refractivity contribution in [2.24, 2.45) is 0 Å². The molecule has 0 aliphatic carbocycles. The Labute approximate surface area is 118 Å². The summed E-state index contributed by atoms with van der Waals surface area (Å²) in [7, 11) is 0. The van der Waals surface area contributed by atoms with Crippen LogP contribution in [0.2, 0.25) is 0 Å². The zero-order chi connectivity index (χ0) is 14.4. The number of halogens is 2. The van der Waals surface area contributed by atoms with Crippen LogP contribution in [-0.4, -0.2) is 37.2 Å². The molecule has 0 spiro atoms. The maximum absolute atomic E-state index is 12.0. The maximum Gasteiger partial charge on any atom is 0.387 e. The van der Waals surface area contributed by atoms with E-state index in [2.05, 4.69) is 21.9 Å². The molecule has 1 saturated heterocycles. The fourth-order valence-corrected chi connectivity index (χ4v) is 2.50. The molecular weight excluding hydrogens is 262 g/mol. The first kappa shape index (κ1) is 15.2. The minimum absolute atomic E-state index is 0.208. The molecule has 3 nitrogen and oxygen atoms in total. The number of hydrogen-bond acceptors (Lipinski definition) is 3. The number of nitrogens with zero attached hydrogens (tertiary/aromatic N) is 1. The van der Waals surface area contributed by atoms with Crippen molar-refractivity contribution in [2.75, 3.05) is 19.6 Å². The molecule has 112 valence electrons. The average molecular weight is 284 g/mol. The fourth-order valence-electron chi connectivity index (χ4n) is 2.50. The predicted molar refractivity (Wildman–Crippen MR) is 75.0 cm³/mol. The highest BCUT2D eigenvalue weighted by molar-refractivity contribution is 5.27. The molecular formula is C15H22F2N2O. The molecule has 0 radical (unpaired) electrons. The van der Waals surface area contributed by atoms with Gasteiger partial charge in [0, 0.05) is 12.6 Å². The largest absolute Gasteiger partial charge is 0.435 e. The second-order valence-electron chi connectivity index (χ2n) is 5.11. The Morgan fingerprint density at radius 3 is 2.45 bits per heavy atom. The van der Waals surface area contributed by atoms with Gasteiger partial charge in [0.25, 0.3) is 0 Å². The summed E-state index contributed by atoms with van der Waals surface area (Å²) in [4.78, 5) is 2.45. The van der Waals surface area contributed by atoms with Crippen molar-refractivity contribution < 1.29 is 13.5 Å². The summed E-state index contributed by atoms with van der Waals surface area (Å²) in [6, 6.07) is 7.37. The lowest BCUT2D eigenvalue weighted by Crippen LogP contribution is -2.42. The molecule has 0 unspecified atom stereocenters. The molecule has 5 heteroatoms. The van der Waals surface area contributed by atoms with Gasteiger partial charge < -0.3 is 15.0 Å². The highest BCUT2D eigenvalue weighted by Gasteiger charge is 2.17. The molecule has 0 amide bonds. The van der Waals surface area contributed by atoms with Crippen LogP contribution in [0, 0.1) is 0 Å². The van der Waals surface area contributed by atoms with Gasteiger partial charge in [-0.2, -0.15) is 8.78 Å². The highest BCUT2D eigenvalue weighted by Crippen LogP contribution is 2.16. The van der Waals surface area contributed by atoms with E-state index in [1.807, 2.05) is 12.1 Å². The van der Waals surface area contributed by atoms with Crippen LogP contribution in [0.1, 0.15) is 25.3 Å². The molecule has 1 aliphatic heterocycles. The molecule has 1 fully saturated rings. The second-order valence-corrected chi connectivity index (χ2v) is 5.11. The summed E-state index contributed by atoms with van der Waals surface area (Å²) in [5.74, 6) is 0.208. The van der Waals surface area contributed by atoms with E-state index in [4.69, 9.17) is 0 Å². The van der Waals surface area contributed by atoms with Crippen LogP contribution in [0.5, 0.6) is 5.75 Å². The van der Waals surface area contributed by atoms with E-state index in [1.165, 1.54) is 12.8 Å².